The first-order valence-electron chi connectivity index (χ1n) is 6.80. The summed E-state index contributed by atoms with van der Waals surface area (Å²) in [5.41, 5.74) is 0.819. The highest BCUT2D eigenvalue weighted by molar-refractivity contribution is 7.92. The summed E-state index contributed by atoms with van der Waals surface area (Å²) in [6.45, 7) is -0.780. The van der Waals surface area contributed by atoms with Crippen LogP contribution in [0.4, 0.5) is 10.1 Å². The van der Waals surface area contributed by atoms with Crippen LogP contribution in [0.25, 0.3) is 0 Å². The third-order valence-electron chi connectivity index (χ3n) is 3.19. The molecule has 0 fully saturated rings. The van der Waals surface area contributed by atoms with E-state index in [9.17, 15) is 17.6 Å². The van der Waals surface area contributed by atoms with E-state index in [-0.39, 0.29) is 17.0 Å². The molecule has 2 rings (SSSR count). The van der Waals surface area contributed by atoms with Crippen molar-refractivity contribution < 1.29 is 22.7 Å². The summed E-state index contributed by atoms with van der Waals surface area (Å²) in [5, 5.41) is 17.7. The first kappa shape index (κ1) is 17.4. The number of carbonyl (C=O) groups is 1. The fourth-order valence-corrected chi connectivity index (χ4v) is 3.46. The summed E-state index contributed by atoms with van der Waals surface area (Å²) in [5.74, 6) is -1.93. The third-order valence-corrected chi connectivity index (χ3v) is 4.98. The molecule has 0 aliphatic rings. The van der Waals surface area contributed by atoms with Crippen molar-refractivity contribution in [3.8, 4) is 6.07 Å². The lowest BCUT2D eigenvalue weighted by Gasteiger charge is -2.23. The Morgan fingerprint density at radius 3 is 2.21 bits per heavy atom. The molecular weight excluding hydrogens is 335 g/mol. The second kappa shape index (κ2) is 7.10. The quantitative estimate of drug-likeness (QED) is 0.862. The second-order valence-electron chi connectivity index (χ2n) is 4.86. The van der Waals surface area contributed by atoms with E-state index < -0.39 is 28.4 Å². The van der Waals surface area contributed by atoms with Crippen molar-refractivity contribution in [1.29, 1.82) is 5.26 Å². The van der Waals surface area contributed by atoms with Crippen LogP contribution in [0.1, 0.15) is 5.56 Å². The molecule has 0 unspecified atom stereocenters. The first-order valence-corrected chi connectivity index (χ1v) is 8.24. The number of anilines is 1. The van der Waals surface area contributed by atoms with Gasteiger partial charge in [0.2, 0.25) is 0 Å². The summed E-state index contributed by atoms with van der Waals surface area (Å²) in [6.07, 6.45) is 0.157. The molecule has 0 atom stereocenters. The van der Waals surface area contributed by atoms with Crippen LogP contribution in [0.2, 0.25) is 0 Å². The van der Waals surface area contributed by atoms with E-state index in [0.717, 1.165) is 28.6 Å². The largest absolute Gasteiger partial charge is 0.480 e. The minimum absolute atomic E-state index is 0.142. The minimum atomic E-state index is -4.17. The SMILES string of the molecule is N#CCc1ccc(N(CC(=O)O)S(=O)(=O)c2ccc(F)cc2)cc1. The van der Waals surface area contributed by atoms with Crippen molar-refractivity contribution >= 4 is 21.7 Å². The zero-order valence-corrected chi connectivity index (χ0v) is 13.2. The predicted molar refractivity (Wildman–Crippen MR) is 84.3 cm³/mol. The van der Waals surface area contributed by atoms with Crippen molar-refractivity contribution in [2.75, 3.05) is 10.8 Å². The topological polar surface area (TPSA) is 98.5 Å². The monoisotopic (exact) mass is 348 g/mol. The van der Waals surface area contributed by atoms with Crippen LogP contribution < -0.4 is 4.31 Å². The number of nitrogens with zero attached hydrogens (tertiary/aromatic N) is 2. The molecule has 2 aromatic rings. The van der Waals surface area contributed by atoms with Gasteiger partial charge in [0.1, 0.15) is 12.4 Å². The van der Waals surface area contributed by atoms with Gasteiger partial charge in [-0.3, -0.25) is 9.10 Å². The van der Waals surface area contributed by atoms with Gasteiger partial charge < -0.3 is 5.11 Å². The van der Waals surface area contributed by atoms with E-state index in [1.807, 2.05) is 6.07 Å². The van der Waals surface area contributed by atoms with Gasteiger partial charge in [-0.05, 0) is 42.0 Å². The minimum Gasteiger partial charge on any atom is -0.480 e. The van der Waals surface area contributed by atoms with E-state index in [4.69, 9.17) is 10.4 Å². The number of halogens is 1. The molecule has 8 heteroatoms. The fourth-order valence-electron chi connectivity index (χ4n) is 2.04. The second-order valence-corrected chi connectivity index (χ2v) is 6.72. The molecule has 0 aliphatic heterocycles. The Kier molecular flexibility index (Phi) is 5.16. The van der Waals surface area contributed by atoms with E-state index in [1.165, 1.54) is 12.1 Å². The highest BCUT2D eigenvalue weighted by atomic mass is 32.2. The Labute approximate surface area is 138 Å². The molecule has 0 amide bonds. The number of carboxylic acid groups (broad SMARTS) is 1. The Hall–Kier alpha value is -2.92. The molecule has 0 saturated carbocycles. The number of rotatable bonds is 6. The molecule has 24 heavy (non-hydrogen) atoms. The van der Waals surface area contributed by atoms with E-state index in [0.29, 0.717) is 5.56 Å². The average molecular weight is 348 g/mol. The highest BCUT2D eigenvalue weighted by Gasteiger charge is 2.27. The van der Waals surface area contributed by atoms with Crippen LogP contribution in [0, 0.1) is 17.1 Å². The van der Waals surface area contributed by atoms with E-state index in [2.05, 4.69) is 0 Å². The fraction of sp³-hybridized carbons (Fsp3) is 0.125. The number of hydrogen-bond donors (Lipinski definition) is 1. The maximum Gasteiger partial charge on any atom is 0.324 e. The molecule has 0 bridgehead atoms. The standard InChI is InChI=1S/C16H13FN2O4S/c17-13-3-7-15(8-4-13)24(22,23)19(11-16(20)21)14-5-1-12(2-6-14)9-10-18/h1-8H,9,11H2,(H,20,21). The third kappa shape index (κ3) is 3.88. The van der Waals surface area contributed by atoms with Crippen LogP contribution in [0.5, 0.6) is 0 Å². The normalized spacial score (nSPS) is 10.8. The van der Waals surface area contributed by atoms with E-state index in [1.54, 1.807) is 12.1 Å². The number of sulfonamides is 1. The maximum absolute atomic E-state index is 13.0. The van der Waals surface area contributed by atoms with Crippen molar-refractivity contribution in [2.24, 2.45) is 0 Å². The van der Waals surface area contributed by atoms with Crippen molar-refractivity contribution in [3.05, 3.63) is 59.9 Å². The molecule has 2 aromatic carbocycles. The Morgan fingerprint density at radius 2 is 1.71 bits per heavy atom. The van der Waals surface area contributed by atoms with Gasteiger partial charge >= 0.3 is 5.97 Å². The number of carboxylic acids is 1. The van der Waals surface area contributed by atoms with Gasteiger partial charge in [-0.2, -0.15) is 5.26 Å². The first-order chi connectivity index (χ1) is 11.3. The lowest BCUT2D eigenvalue weighted by Crippen LogP contribution is -2.35. The van der Waals surface area contributed by atoms with Gasteiger partial charge in [-0.15, -0.1) is 0 Å². The van der Waals surface area contributed by atoms with Gasteiger partial charge in [-0.25, -0.2) is 12.8 Å². The van der Waals surface area contributed by atoms with Crippen molar-refractivity contribution in [1.82, 2.24) is 0 Å². The van der Waals surface area contributed by atoms with Gasteiger partial charge in [0, 0.05) is 0 Å². The Balaban J connectivity index is 2.46. The summed E-state index contributed by atoms with van der Waals surface area (Å²) < 4.78 is 39.1. The smallest absolute Gasteiger partial charge is 0.324 e. The summed E-state index contributed by atoms with van der Waals surface area (Å²) in [4.78, 5) is 10.9. The van der Waals surface area contributed by atoms with Crippen LogP contribution in [-0.2, 0) is 21.2 Å². The zero-order chi connectivity index (χ0) is 17.7. The molecule has 124 valence electrons. The van der Waals surface area contributed by atoms with Crippen LogP contribution >= 0.6 is 0 Å². The van der Waals surface area contributed by atoms with Gasteiger partial charge in [-0.1, -0.05) is 12.1 Å². The molecule has 0 aromatic heterocycles. The van der Waals surface area contributed by atoms with Crippen molar-refractivity contribution in [3.63, 3.8) is 0 Å². The van der Waals surface area contributed by atoms with Crippen LogP contribution in [0.3, 0.4) is 0 Å². The number of benzene rings is 2. The molecule has 0 heterocycles. The highest BCUT2D eigenvalue weighted by Crippen LogP contribution is 2.24. The molecule has 1 N–H and O–H groups in total. The molecule has 6 nitrogen and oxygen atoms in total. The Bertz CT molecular complexity index is 872. The lowest BCUT2D eigenvalue weighted by atomic mass is 10.1. The van der Waals surface area contributed by atoms with Crippen LogP contribution in [-0.4, -0.2) is 26.0 Å². The average Bonchev–Trinajstić information content (AvgIpc) is 2.54. The molecule has 0 saturated heterocycles. The lowest BCUT2D eigenvalue weighted by molar-refractivity contribution is -0.135. The van der Waals surface area contributed by atoms with E-state index >= 15 is 0 Å². The summed E-state index contributed by atoms with van der Waals surface area (Å²) in [6, 6.07) is 12.0. The molecule has 0 spiro atoms. The van der Waals surface area contributed by atoms with Gasteiger partial charge in [0.05, 0.1) is 23.1 Å². The molecule has 0 aliphatic carbocycles. The zero-order valence-electron chi connectivity index (χ0n) is 12.4. The summed E-state index contributed by atoms with van der Waals surface area (Å²) in [7, 11) is -4.17. The molecule has 0 radical (unpaired) electrons. The van der Waals surface area contributed by atoms with Gasteiger partial charge in [0.15, 0.2) is 0 Å². The van der Waals surface area contributed by atoms with Crippen molar-refractivity contribution in [2.45, 2.75) is 11.3 Å². The molecular formula is C16H13FN2O4S. The van der Waals surface area contributed by atoms with Crippen LogP contribution in [0.15, 0.2) is 53.4 Å². The number of hydrogen-bond acceptors (Lipinski definition) is 4. The number of nitriles is 1. The number of aliphatic carboxylic acids is 1. The maximum atomic E-state index is 13.0. The summed E-state index contributed by atoms with van der Waals surface area (Å²) >= 11 is 0. The predicted octanol–water partition coefficient (Wildman–Crippen LogP) is 2.17. The Morgan fingerprint density at radius 1 is 1.12 bits per heavy atom. The van der Waals surface area contributed by atoms with Gasteiger partial charge in [0.25, 0.3) is 10.0 Å².